The van der Waals surface area contributed by atoms with Crippen LogP contribution >= 0.6 is 11.6 Å². The molecule has 2 rings (SSSR count). The fourth-order valence-corrected chi connectivity index (χ4v) is 3.01. The highest BCUT2D eigenvalue weighted by molar-refractivity contribution is 6.21. The molecule has 2 aromatic rings. The minimum Gasteiger partial charge on any atom is -0.478 e. The molecule has 2 aromatic carbocycles. The van der Waals surface area contributed by atoms with Crippen LogP contribution in [-0.4, -0.2) is 48.5 Å². The molecule has 0 aliphatic carbocycles. The Balaban J connectivity index is 2.25. The predicted octanol–water partition coefficient (Wildman–Crippen LogP) is 3.90. The van der Waals surface area contributed by atoms with Gasteiger partial charge < -0.3 is 14.7 Å². The van der Waals surface area contributed by atoms with Crippen LogP contribution in [0.1, 0.15) is 32.2 Å². The van der Waals surface area contributed by atoms with Gasteiger partial charge in [0.25, 0.3) is 0 Å². The van der Waals surface area contributed by atoms with Crippen molar-refractivity contribution in [1.82, 2.24) is 0 Å². The first-order chi connectivity index (χ1) is 13.5. The number of halogens is 2. The second kappa shape index (κ2) is 10.4. The van der Waals surface area contributed by atoms with Gasteiger partial charge in [-0.2, -0.15) is 0 Å². The van der Waals surface area contributed by atoms with Gasteiger partial charge in [0.2, 0.25) is 0 Å². The molecule has 0 heterocycles. The number of carboxylic acid groups (broad SMARTS) is 1. The maximum absolute atomic E-state index is 14.8. The summed E-state index contributed by atoms with van der Waals surface area (Å²) in [5.41, 5.74) is 0.397. The fraction of sp³-hybridized carbons (Fsp3) is 0.250. The lowest BCUT2D eigenvalue weighted by atomic mass is 9.88. The minimum atomic E-state index is -1.77. The van der Waals surface area contributed by atoms with Crippen molar-refractivity contribution in [3.63, 3.8) is 0 Å². The van der Waals surface area contributed by atoms with Gasteiger partial charge in [-0.3, -0.25) is 0 Å². The minimum absolute atomic E-state index is 0.0963. The molecule has 0 saturated carbocycles. The summed E-state index contributed by atoms with van der Waals surface area (Å²) in [7, 11) is 1.25. The zero-order chi connectivity index (χ0) is 20.5. The number of ether oxygens (including phenoxy) is 1. The van der Waals surface area contributed by atoms with Crippen molar-refractivity contribution in [3.8, 4) is 0 Å². The molecule has 0 bridgehead atoms. The fourth-order valence-electron chi connectivity index (χ4n) is 2.68. The van der Waals surface area contributed by atoms with Gasteiger partial charge >= 0.3 is 11.9 Å². The van der Waals surface area contributed by atoms with Crippen LogP contribution in [0.25, 0.3) is 0 Å². The van der Waals surface area contributed by atoms with Crippen molar-refractivity contribution in [2.45, 2.75) is 17.5 Å². The Bertz CT molecular complexity index is 830. The molecule has 148 valence electrons. The molecule has 0 fully saturated rings. The number of alkyl halides is 2. The second-order valence-electron chi connectivity index (χ2n) is 5.78. The van der Waals surface area contributed by atoms with E-state index in [1.807, 2.05) is 0 Å². The van der Waals surface area contributed by atoms with Gasteiger partial charge in [-0.05, 0) is 23.8 Å². The summed E-state index contributed by atoms with van der Waals surface area (Å²) >= 11 is 6.35. The van der Waals surface area contributed by atoms with Crippen LogP contribution in [0.2, 0.25) is 0 Å². The third-order valence-electron chi connectivity index (χ3n) is 3.97. The molecule has 3 atom stereocenters. The average molecular weight is 408 g/mol. The Morgan fingerprint density at radius 1 is 1.18 bits per heavy atom. The zero-order valence-corrected chi connectivity index (χ0v) is 15.8. The van der Waals surface area contributed by atoms with Crippen molar-refractivity contribution < 1.29 is 28.7 Å². The molecule has 8 heteroatoms. The summed E-state index contributed by atoms with van der Waals surface area (Å²) in [4.78, 5) is 28.1. The molecule has 28 heavy (non-hydrogen) atoms. The van der Waals surface area contributed by atoms with Crippen LogP contribution < -0.4 is 0 Å². The molecule has 0 aliphatic heterocycles. The maximum atomic E-state index is 14.8. The summed E-state index contributed by atoms with van der Waals surface area (Å²) in [5.74, 6) is -2.96. The second-order valence-corrected chi connectivity index (χ2v) is 6.34. The number of aromatic carboxylic acids is 1. The standard InChI is InChI=1S/C20H19ClFNO5/c1-27-23-11-17(22)18(14-9-5-6-10-15(14)19(24)25)16(21)12-28-20(26)13-7-3-2-4-8-13/h2-11,16-18H,12H2,1H3,(H,24,25)/t16-,17+,18-/m1/s1. The Morgan fingerprint density at radius 2 is 1.82 bits per heavy atom. The quantitative estimate of drug-likeness (QED) is 0.295. The highest BCUT2D eigenvalue weighted by atomic mass is 35.5. The molecule has 0 saturated heterocycles. The van der Waals surface area contributed by atoms with E-state index in [9.17, 15) is 19.1 Å². The first-order valence-corrected chi connectivity index (χ1v) is 8.78. The lowest BCUT2D eigenvalue weighted by Gasteiger charge is -2.25. The van der Waals surface area contributed by atoms with Crippen molar-refractivity contribution in [2.75, 3.05) is 13.7 Å². The van der Waals surface area contributed by atoms with E-state index in [0.717, 1.165) is 6.21 Å². The summed E-state index contributed by atoms with van der Waals surface area (Å²) in [6.07, 6.45) is -0.879. The summed E-state index contributed by atoms with van der Waals surface area (Å²) in [5, 5.41) is 11.8. The van der Waals surface area contributed by atoms with Crippen molar-refractivity contribution in [3.05, 3.63) is 71.3 Å². The van der Waals surface area contributed by atoms with Crippen molar-refractivity contribution in [2.24, 2.45) is 5.16 Å². The smallest absolute Gasteiger partial charge is 0.338 e. The largest absolute Gasteiger partial charge is 0.478 e. The van der Waals surface area contributed by atoms with Gasteiger partial charge in [0.15, 0.2) is 0 Å². The van der Waals surface area contributed by atoms with E-state index in [4.69, 9.17) is 16.3 Å². The maximum Gasteiger partial charge on any atom is 0.338 e. The SMILES string of the molecule is CON=C[C@H](F)[C@H](c1ccccc1C(=O)O)[C@H](Cl)COC(=O)c1ccccc1. The highest BCUT2D eigenvalue weighted by Gasteiger charge is 2.33. The van der Waals surface area contributed by atoms with Gasteiger partial charge in [-0.25, -0.2) is 14.0 Å². The number of hydrogen-bond donors (Lipinski definition) is 1. The Kier molecular flexibility index (Phi) is 7.95. The van der Waals surface area contributed by atoms with Gasteiger partial charge in [0, 0.05) is 5.92 Å². The van der Waals surface area contributed by atoms with Crippen molar-refractivity contribution in [1.29, 1.82) is 0 Å². The molecule has 0 aliphatic rings. The third kappa shape index (κ3) is 5.53. The molecule has 0 spiro atoms. The highest BCUT2D eigenvalue weighted by Crippen LogP contribution is 2.32. The van der Waals surface area contributed by atoms with E-state index >= 15 is 0 Å². The van der Waals surface area contributed by atoms with Crippen LogP contribution in [0.4, 0.5) is 4.39 Å². The van der Waals surface area contributed by atoms with E-state index in [0.29, 0.717) is 5.56 Å². The number of hydrogen-bond acceptors (Lipinski definition) is 5. The van der Waals surface area contributed by atoms with E-state index in [2.05, 4.69) is 9.99 Å². The number of carbonyl (C=O) groups excluding carboxylic acids is 1. The monoisotopic (exact) mass is 407 g/mol. The van der Waals surface area contributed by atoms with Gasteiger partial charge in [0.1, 0.15) is 19.9 Å². The van der Waals surface area contributed by atoms with Crippen LogP contribution in [0, 0.1) is 0 Å². The molecule has 6 nitrogen and oxygen atoms in total. The lowest BCUT2D eigenvalue weighted by molar-refractivity contribution is 0.0489. The first kappa shape index (κ1) is 21.4. The molecular formula is C20H19ClFNO5. The predicted molar refractivity (Wildman–Crippen MR) is 103 cm³/mol. The van der Waals surface area contributed by atoms with E-state index in [-0.39, 0.29) is 17.7 Å². The van der Waals surface area contributed by atoms with Crippen LogP contribution in [0.15, 0.2) is 59.8 Å². The van der Waals surface area contributed by atoms with E-state index in [1.54, 1.807) is 36.4 Å². The Labute approximate surface area is 166 Å². The van der Waals surface area contributed by atoms with Crippen molar-refractivity contribution >= 4 is 29.8 Å². The number of carbonyl (C=O) groups is 2. The Morgan fingerprint density at radius 3 is 2.46 bits per heavy atom. The van der Waals surface area contributed by atoms with Gasteiger partial charge in [0.05, 0.1) is 22.7 Å². The topological polar surface area (TPSA) is 85.2 Å². The van der Waals surface area contributed by atoms with E-state index < -0.39 is 29.4 Å². The average Bonchev–Trinajstić information content (AvgIpc) is 2.71. The zero-order valence-electron chi connectivity index (χ0n) is 15.0. The van der Waals surface area contributed by atoms with Crippen LogP contribution in [0.3, 0.4) is 0 Å². The summed E-state index contributed by atoms with van der Waals surface area (Å²) in [6, 6.07) is 14.2. The molecule has 0 radical (unpaired) electrons. The number of carboxylic acids is 1. The first-order valence-electron chi connectivity index (χ1n) is 8.35. The summed E-state index contributed by atoms with van der Waals surface area (Å²) < 4.78 is 20.0. The molecular weight excluding hydrogens is 389 g/mol. The van der Waals surface area contributed by atoms with Gasteiger partial charge in [-0.15, -0.1) is 11.6 Å². The number of benzene rings is 2. The number of oxime groups is 1. The van der Waals surface area contributed by atoms with Gasteiger partial charge in [-0.1, -0.05) is 41.6 Å². The lowest BCUT2D eigenvalue weighted by Crippen LogP contribution is -2.30. The van der Waals surface area contributed by atoms with Crippen LogP contribution in [-0.2, 0) is 9.57 Å². The van der Waals surface area contributed by atoms with Crippen LogP contribution in [0.5, 0.6) is 0 Å². The third-order valence-corrected chi connectivity index (χ3v) is 4.37. The molecule has 1 N–H and O–H groups in total. The normalized spacial score (nSPS) is 14.2. The Hall–Kier alpha value is -2.93. The molecule has 0 aromatic heterocycles. The summed E-state index contributed by atoms with van der Waals surface area (Å²) in [6.45, 7) is -0.324. The number of esters is 1. The molecule has 0 amide bonds. The number of rotatable bonds is 9. The van der Waals surface area contributed by atoms with E-state index in [1.165, 1.54) is 25.3 Å². The number of nitrogens with zero attached hydrogens (tertiary/aromatic N) is 1. The molecule has 0 unspecified atom stereocenters.